The molecule has 0 spiro atoms. The van der Waals surface area contributed by atoms with E-state index in [-0.39, 0.29) is 12.8 Å². The van der Waals surface area contributed by atoms with E-state index in [2.05, 4.69) is 3.53 Å². The highest BCUT2D eigenvalue weighted by atomic mass is 127. The Labute approximate surface area is 67.7 Å². The third-order valence-electron chi connectivity index (χ3n) is 1.10. The minimum atomic E-state index is -2.47. The lowest BCUT2D eigenvalue weighted by Gasteiger charge is -2.11. The maximum Gasteiger partial charge on any atom is 0.249 e. The highest BCUT2D eigenvalue weighted by Gasteiger charge is 2.24. The van der Waals surface area contributed by atoms with Crippen LogP contribution in [0.4, 0.5) is 8.78 Å². The Morgan fingerprint density at radius 3 is 2.44 bits per heavy atom. The second-order valence-electron chi connectivity index (χ2n) is 1.84. The first-order chi connectivity index (χ1) is 4.12. The summed E-state index contributed by atoms with van der Waals surface area (Å²) in [5, 5.41) is 0. The van der Waals surface area contributed by atoms with Crippen LogP contribution in [0.1, 0.15) is 19.8 Å². The molecular formula is C5H10F2IN. The predicted molar refractivity (Wildman–Crippen MR) is 41.9 cm³/mol. The lowest BCUT2D eigenvalue weighted by molar-refractivity contribution is -0.00921. The van der Waals surface area contributed by atoms with Crippen LogP contribution in [-0.4, -0.2) is 12.5 Å². The summed E-state index contributed by atoms with van der Waals surface area (Å²) in [7, 11) is 0. The first kappa shape index (κ1) is 9.55. The molecule has 0 aliphatic carbocycles. The van der Waals surface area contributed by atoms with Gasteiger partial charge in [0.15, 0.2) is 0 Å². The SMILES string of the molecule is CCC(F)(F)CCNI. The summed E-state index contributed by atoms with van der Waals surface area (Å²) >= 11 is 1.86. The van der Waals surface area contributed by atoms with Crippen molar-refractivity contribution in [3.05, 3.63) is 0 Å². The van der Waals surface area contributed by atoms with E-state index in [0.29, 0.717) is 6.54 Å². The fourth-order valence-corrected chi connectivity index (χ4v) is 0.677. The molecule has 0 radical (unpaired) electrons. The molecule has 1 nitrogen and oxygen atoms in total. The van der Waals surface area contributed by atoms with Gasteiger partial charge in [0.1, 0.15) is 0 Å². The summed E-state index contributed by atoms with van der Waals surface area (Å²) in [6.45, 7) is 1.87. The van der Waals surface area contributed by atoms with Gasteiger partial charge >= 0.3 is 0 Å². The second kappa shape index (κ2) is 4.38. The van der Waals surface area contributed by atoms with E-state index in [4.69, 9.17) is 0 Å². The lowest BCUT2D eigenvalue weighted by atomic mass is 10.2. The molecule has 56 valence electrons. The van der Waals surface area contributed by atoms with Gasteiger partial charge in [-0.05, 0) is 0 Å². The van der Waals surface area contributed by atoms with Gasteiger partial charge in [-0.3, -0.25) is 3.53 Å². The molecule has 0 heterocycles. The fourth-order valence-electron chi connectivity index (χ4n) is 0.407. The van der Waals surface area contributed by atoms with E-state index >= 15 is 0 Å². The van der Waals surface area contributed by atoms with Crippen LogP contribution in [0.5, 0.6) is 0 Å². The minimum absolute atomic E-state index is 0.0631. The van der Waals surface area contributed by atoms with Gasteiger partial charge in [0, 0.05) is 42.3 Å². The van der Waals surface area contributed by atoms with Crippen LogP contribution >= 0.6 is 22.9 Å². The molecule has 0 aliphatic heterocycles. The van der Waals surface area contributed by atoms with Crippen molar-refractivity contribution < 1.29 is 8.78 Å². The molecule has 4 heteroatoms. The van der Waals surface area contributed by atoms with Crippen molar-refractivity contribution >= 4 is 22.9 Å². The lowest BCUT2D eigenvalue weighted by Crippen LogP contribution is -2.19. The Hall–Kier alpha value is 0.550. The summed E-state index contributed by atoms with van der Waals surface area (Å²) in [6, 6.07) is 0. The smallest absolute Gasteiger partial charge is 0.249 e. The molecule has 0 fully saturated rings. The molecule has 0 aromatic rings. The topological polar surface area (TPSA) is 12.0 Å². The molecule has 9 heavy (non-hydrogen) atoms. The molecule has 1 N–H and O–H groups in total. The van der Waals surface area contributed by atoms with Crippen LogP contribution in [0.15, 0.2) is 0 Å². The van der Waals surface area contributed by atoms with E-state index in [9.17, 15) is 8.78 Å². The Kier molecular flexibility index (Phi) is 4.65. The van der Waals surface area contributed by atoms with E-state index in [1.165, 1.54) is 6.92 Å². The second-order valence-corrected chi connectivity index (χ2v) is 2.61. The van der Waals surface area contributed by atoms with Gasteiger partial charge < -0.3 is 0 Å². The van der Waals surface area contributed by atoms with Crippen LogP contribution in [0.2, 0.25) is 0 Å². The summed E-state index contributed by atoms with van der Waals surface area (Å²) in [5.41, 5.74) is 0. The van der Waals surface area contributed by atoms with Crippen LogP contribution < -0.4 is 3.53 Å². The van der Waals surface area contributed by atoms with Gasteiger partial charge in [-0.1, -0.05) is 6.92 Å². The zero-order chi connectivity index (χ0) is 7.33. The van der Waals surface area contributed by atoms with Crippen molar-refractivity contribution in [1.82, 2.24) is 3.53 Å². The van der Waals surface area contributed by atoms with E-state index in [0.717, 1.165) is 0 Å². The molecule has 0 aliphatic rings. The number of hydrogen-bond acceptors (Lipinski definition) is 1. The van der Waals surface area contributed by atoms with Gasteiger partial charge in [0.2, 0.25) is 5.92 Å². The molecule has 0 aromatic carbocycles. The average molecular weight is 249 g/mol. The third kappa shape index (κ3) is 5.02. The average Bonchev–Trinajstić information content (AvgIpc) is 1.84. The van der Waals surface area contributed by atoms with Crippen molar-refractivity contribution in [3.63, 3.8) is 0 Å². The third-order valence-corrected chi connectivity index (χ3v) is 1.64. The Bertz CT molecular complexity index is 77.4. The van der Waals surface area contributed by atoms with Crippen molar-refractivity contribution in [1.29, 1.82) is 0 Å². The van der Waals surface area contributed by atoms with Crippen LogP contribution in [0, 0.1) is 0 Å². The zero-order valence-corrected chi connectivity index (χ0v) is 7.41. The molecule has 0 rings (SSSR count). The van der Waals surface area contributed by atoms with Gasteiger partial charge in [0.05, 0.1) is 0 Å². The summed E-state index contributed by atoms with van der Waals surface area (Å²) in [6.07, 6.45) is -0.127. The molecule has 0 unspecified atom stereocenters. The molecule has 0 amide bonds. The summed E-state index contributed by atoms with van der Waals surface area (Å²) < 4.78 is 27.2. The number of alkyl halides is 2. The normalized spacial score (nSPS) is 12.0. The molecule has 0 bridgehead atoms. The minimum Gasteiger partial charge on any atom is -0.261 e. The van der Waals surface area contributed by atoms with E-state index < -0.39 is 5.92 Å². The summed E-state index contributed by atoms with van der Waals surface area (Å²) in [4.78, 5) is 0. The van der Waals surface area contributed by atoms with Crippen LogP contribution in [0.3, 0.4) is 0 Å². The van der Waals surface area contributed by atoms with E-state index in [1.807, 2.05) is 22.9 Å². The molecule has 0 atom stereocenters. The van der Waals surface area contributed by atoms with Gasteiger partial charge in [-0.2, -0.15) is 0 Å². The molecule has 0 saturated carbocycles. The Balaban J connectivity index is 3.33. The highest BCUT2D eigenvalue weighted by molar-refractivity contribution is 14.1. The van der Waals surface area contributed by atoms with Crippen LogP contribution in [0.25, 0.3) is 0 Å². The summed E-state index contributed by atoms with van der Waals surface area (Å²) in [5.74, 6) is -2.47. The largest absolute Gasteiger partial charge is 0.261 e. The van der Waals surface area contributed by atoms with Crippen molar-refractivity contribution in [2.45, 2.75) is 25.7 Å². The quantitative estimate of drug-likeness (QED) is 0.595. The molecule has 0 saturated heterocycles. The standard InChI is InChI=1S/C5H10F2IN/c1-2-5(6,7)3-4-9-8/h9H,2-4H2,1H3. The van der Waals surface area contributed by atoms with Gasteiger partial charge in [-0.15, -0.1) is 0 Å². The van der Waals surface area contributed by atoms with Crippen LogP contribution in [-0.2, 0) is 0 Å². The van der Waals surface area contributed by atoms with Crippen molar-refractivity contribution in [2.75, 3.05) is 6.54 Å². The molecule has 0 aromatic heterocycles. The maximum absolute atomic E-state index is 12.3. The first-order valence-corrected chi connectivity index (χ1v) is 3.91. The van der Waals surface area contributed by atoms with E-state index in [1.54, 1.807) is 0 Å². The molecular weight excluding hydrogens is 239 g/mol. The monoisotopic (exact) mass is 249 g/mol. The predicted octanol–water partition coefficient (Wildman–Crippen LogP) is 2.36. The number of hydrogen-bond donors (Lipinski definition) is 1. The van der Waals surface area contributed by atoms with Gasteiger partial charge in [-0.25, -0.2) is 8.78 Å². The Morgan fingerprint density at radius 2 is 2.11 bits per heavy atom. The van der Waals surface area contributed by atoms with Gasteiger partial charge in [0.25, 0.3) is 0 Å². The fraction of sp³-hybridized carbons (Fsp3) is 1.00. The van der Waals surface area contributed by atoms with Crippen molar-refractivity contribution in [2.24, 2.45) is 0 Å². The number of nitrogens with one attached hydrogen (secondary N) is 1. The Morgan fingerprint density at radius 1 is 1.56 bits per heavy atom. The van der Waals surface area contributed by atoms with Crippen molar-refractivity contribution in [3.8, 4) is 0 Å². The number of rotatable bonds is 4. The zero-order valence-electron chi connectivity index (χ0n) is 5.26. The maximum atomic E-state index is 12.3. The first-order valence-electron chi connectivity index (χ1n) is 2.83. The highest BCUT2D eigenvalue weighted by Crippen LogP contribution is 2.21. The number of halogens is 3.